The van der Waals surface area contributed by atoms with E-state index < -0.39 is 5.97 Å². The zero-order valence-electron chi connectivity index (χ0n) is 8.97. The number of nitrogen functional groups attached to an aromatic ring is 1. The molecule has 0 atom stereocenters. The Morgan fingerprint density at radius 3 is 2.82 bits per heavy atom. The largest absolute Gasteiger partial charge is 0.478 e. The molecule has 88 valence electrons. The number of aromatic carboxylic acids is 1. The molecule has 0 saturated carbocycles. The van der Waals surface area contributed by atoms with E-state index in [1.807, 2.05) is 6.92 Å². The van der Waals surface area contributed by atoms with Crippen molar-refractivity contribution in [3.05, 3.63) is 29.6 Å². The summed E-state index contributed by atoms with van der Waals surface area (Å²) in [5.41, 5.74) is 6.61. The van der Waals surface area contributed by atoms with Gasteiger partial charge in [0.1, 0.15) is 0 Å². The Balaban J connectivity index is 2.25. The topological polar surface area (TPSA) is 114 Å². The Hall–Kier alpha value is -2.57. The highest BCUT2D eigenvalue weighted by atomic mass is 16.5. The van der Waals surface area contributed by atoms with Crippen molar-refractivity contribution in [2.75, 3.05) is 5.73 Å². The number of pyridine rings is 1. The van der Waals surface area contributed by atoms with Gasteiger partial charge in [0.05, 0.1) is 11.3 Å². The Kier molecular flexibility index (Phi) is 2.65. The van der Waals surface area contributed by atoms with Crippen molar-refractivity contribution in [3.63, 3.8) is 0 Å². The minimum Gasteiger partial charge on any atom is -0.478 e. The maximum absolute atomic E-state index is 10.7. The van der Waals surface area contributed by atoms with Crippen LogP contribution < -0.4 is 10.5 Å². The molecule has 0 saturated heterocycles. The van der Waals surface area contributed by atoms with Crippen molar-refractivity contribution in [2.24, 2.45) is 0 Å². The molecule has 0 aliphatic heterocycles. The quantitative estimate of drug-likeness (QED) is 0.734. The summed E-state index contributed by atoms with van der Waals surface area (Å²) in [5, 5.41) is 15.3. The molecule has 0 amide bonds. The molecular weight excluding hydrogens is 224 g/mol. The van der Waals surface area contributed by atoms with Gasteiger partial charge in [0.2, 0.25) is 11.8 Å². The Morgan fingerprint density at radius 1 is 1.53 bits per heavy atom. The van der Waals surface area contributed by atoms with Gasteiger partial charge in [-0.2, -0.15) is 0 Å². The third-order valence-electron chi connectivity index (χ3n) is 2.01. The number of nitrogens with two attached hydrogens (primary N) is 1. The average molecular weight is 234 g/mol. The van der Waals surface area contributed by atoms with E-state index >= 15 is 0 Å². The number of ether oxygens (including phenoxy) is 1. The number of rotatable bonds is 3. The van der Waals surface area contributed by atoms with Crippen LogP contribution in [0.3, 0.4) is 0 Å². The number of aryl methyl sites for hydroxylation is 1. The number of hydrogen-bond acceptors (Lipinski definition) is 5. The molecule has 17 heavy (non-hydrogen) atoms. The van der Waals surface area contributed by atoms with Crippen LogP contribution in [0.25, 0.3) is 0 Å². The molecule has 0 aliphatic rings. The number of anilines is 1. The highest BCUT2D eigenvalue weighted by Crippen LogP contribution is 2.24. The molecule has 0 fully saturated rings. The summed E-state index contributed by atoms with van der Waals surface area (Å²) >= 11 is 0. The molecule has 4 N–H and O–H groups in total. The summed E-state index contributed by atoms with van der Waals surface area (Å²) < 4.78 is 5.29. The van der Waals surface area contributed by atoms with Gasteiger partial charge < -0.3 is 15.6 Å². The summed E-state index contributed by atoms with van der Waals surface area (Å²) in [6.45, 7) is 1.82. The molecule has 0 bridgehead atoms. The van der Waals surface area contributed by atoms with E-state index in [-0.39, 0.29) is 17.1 Å². The van der Waals surface area contributed by atoms with Crippen molar-refractivity contribution in [3.8, 4) is 11.8 Å². The Labute approximate surface area is 96.2 Å². The highest BCUT2D eigenvalue weighted by molar-refractivity contribution is 5.88. The number of aromatic amines is 1. The molecule has 7 nitrogen and oxygen atoms in total. The zero-order chi connectivity index (χ0) is 12.4. The lowest BCUT2D eigenvalue weighted by molar-refractivity contribution is 0.0696. The second-order valence-corrected chi connectivity index (χ2v) is 3.41. The van der Waals surface area contributed by atoms with E-state index in [4.69, 9.17) is 15.6 Å². The highest BCUT2D eigenvalue weighted by Gasteiger charge is 2.10. The van der Waals surface area contributed by atoms with Crippen LogP contribution >= 0.6 is 0 Å². The predicted molar refractivity (Wildman–Crippen MR) is 59.0 cm³/mol. The van der Waals surface area contributed by atoms with Crippen LogP contribution in [-0.2, 0) is 0 Å². The second-order valence-electron chi connectivity index (χ2n) is 3.41. The molecule has 7 heteroatoms. The molecule has 2 aromatic rings. The van der Waals surface area contributed by atoms with Crippen LogP contribution in [0.4, 0.5) is 5.69 Å². The van der Waals surface area contributed by atoms with Gasteiger partial charge >= 0.3 is 5.97 Å². The molecule has 2 aromatic heterocycles. The Morgan fingerprint density at radius 2 is 2.29 bits per heavy atom. The lowest BCUT2D eigenvalue weighted by atomic mass is 10.2. The number of H-pyrrole nitrogens is 1. The van der Waals surface area contributed by atoms with Crippen LogP contribution in [0.1, 0.15) is 16.1 Å². The zero-order valence-corrected chi connectivity index (χ0v) is 8.97. The molecule has 0 aromatic carbocycles. The van der Waals surface area contributed by atoms with Gasteiger partial charge in [0.15, 0.2) is 0 Å². The number of aromatic nitrogens is 3. The third kappa shape index (κ3) is 2.33. The molecule has 2 heterocycles. The number of nitrogens with zero attached hydrogens (tertiary/aromatic N) is 2. The fourth-order valence-electron chi connectivity index (χ4n) is 1.22. The summed E-state index contributed by atoms with van der Waals surface area (Å²) in [4.78, 5) is 14.5. The maximum Gasteiger partial charge on any atom is 0.337 e. The van der Waals surface area contributed by atoms with Crippen LogP contribution in [0.5, 0.6) is 11.8 Å². The van der Waals surface area contributed by atoms with Crippen molar-refractivity contribution in [1.29, 1.82) is 0 Å². The molecule has 0 unspecified atom stereocenters. The van der Waals surface area contributed by atoms with Crippen LogP contribution in [0.2, 0.25) is 0 Å². The van der Waals surface area contributed by atoms with Gasteiger partial charge in [-0.05, 0) is 13.0 Å². The lowest BCUT2D eigenvalue weighted by Gasteiger charge is -2.04. The van der Waals surface area contributed by atoms with Crippen molar-refractivity contribution in [2.45, 2.75) is 6.92 Å². The number of carbonyl (C=O) groups is 1. The fourth-order valence-corrected chi connectivity index (χ4v) is 1.22. The monoisotopic (exact) mass is 234 g/mol. The Bertz CT molecular complexity index is 564. The maximum atomic E-state index is 10.7. The van der Waals surface area contributed by atoms with Crippen molar-refractivity contribution < 1.29 is 14.6 Å². The average Bonchev–Trinajstić information content (AvgIpc) is 2.67. The number of hydrogen-bond donors (Lipinski definition) is 3. The van der Waals surface area contributed by atoms with Gasteiger partial charge in [0.25, 0.3) is 0 Å². The predicted octanol–water partition coefficient (Wildman–Crippen LogP) is 1.19. The van der Waals surface area contributed by atoms with Crippen molar-refractivity contribution in [1.82, 2.24) is 15.2 Å². The normalized spacial score (nSPS) is 10.2. The number of carboxylic acid groups (broad SMARTS) is 1. The first kappa shape index (κ1) is 10.9. The van der Waals surface area contributed by atoms with Gasteiger partial charge in [-0.1, -0.05) is 0 Å². The van der Waals surface area contributed by atoms with Gasteiger partial charge in [0, 0.05) is 18.0 Å². The molecule has 2 rings (SSSR count). The van der Waals surface area contributed by atoms with E-state index in [9.17, 15) is 4.79 Å². The number of carboxylic acids is 1. The number of nitrogens with one attached hydrogen (secondary N) is 1. The van der Waals surface area contributed by atoms with Crippen LogP contribution in [0, 0.1) is 6.92 Å². The summed E-state index contributed by atoms with van der Waals surface area (Å²) in [6.07, 6.45) is 1.17. The standard InChI is InChI=1S/C10H10N4O3/c1-5-2-8(14-13-5)17-9-7(11)3-6(4-12-9)10(15)16/h2-4H,11H2,1H3,(H,13,14)(H,15,16). The van der Waals surface area contributed by atoms with Gasteiger partial charge in [-0.25, -0.2) is 9.78 Å². The SMILES string of the molecule is Cc1cc(Oc2ncc(C(=O)O)cc2N)n[nH]1. The fraction of sp³-hybridized carbons (Fsp3) is 0.100. The minimum absolute atomic E-state index is 0.00746. The molecule has 0 radical (unpaired) electrons. The first-order valence-corrected chi connectivity index (χ1v) is 4.75. The van der Waals surface area contributed by atoms with Crippen LogP contribution in [0.15, 0.2) is 18.3 Å². The van der Waals surface area contributed by atoms with Gasteiger partial charge in [-0.15, -0.1) is 5.10 Å². The molecule has 0 aliphatic carbocycles. The van der Waals surface area contributed by atoms with E-state index in [2.05, 4.69) is 15.2 Å². The van der Waals surface area contributed by atoms with E-state index in [0.29, 0.717) is 5.88 Å². The van der Waals surface area contributed by atoms with E-state index in [0.717, 1.165) is 5.69 Å². The van der Waals surface area contributed by atoms with Crippen molar-refractivity contribution >= 4 is 11.7 Å². The van der Waals surface area contributed by atoms with E-state index in [1.54, 1.807) is 6.07 Å². The minimum atomic E-state index is -1.09. The van der Waals surface area contributed by atoms with Gasteiger partial charge in [-0.3, -0.25) is 5.10 Å². The first-order valence-electron chi connectivity index (χ1n) is 4.75. The second kappa shape index (κ2) is 4.12. The molecule has 0 spiro atoms. The summed E-state index contributed by atoms with van der Waals surface area (Å²) in [5.74, 6) is -0.641. The molecular formula is C10H10N4O3. The summed E-state index contributed by atoms with van der Waals surface area (Å²) in [6, 6.07) is 2.95. The third-order valence-corrected chi connectivity index (χ3v) is 2.01. The van der Waals surface area contributed by atoms with Crippen LogP contribution in [-0.4, -0.2) is 26.3 Å². The smallest absolute Gasteiger partial charge is 0.337 e. The first-order chi connectivity index (χ1) is 8.06. The summed E-state index contributed by atoms with van der Waals surface area (Å²) in [7, 11) is 0. The lowest BCUT2D eigenvalue weighted by Crippen LogP contribution is -2.01. The van der Waals surface area contributed by atoms with E-state index in [1.165, 1.54) is 12.3 Å².